The summed E-state index contributed by atoms with van der Waals surface area (Å²) in [5.41, 5.74) is 10.3. The molecule has 0 saturated carbocycles. The number of nitrogen functional groups attached to an aromatic ring is 1. The van der Waals surface area contributed by atoms with Gasteiger partial charge in [0.2, 0.25) is 0 Å². The molecule has 96 valence electrons. The summed E-state index contributed by atoms with van der Waals surface area (Å²) in [6, 6.07) is 15.9. The summed E-state index contributed by atoms with van der Waals surface area (Å²) >= 11 is 0. The van der Waals surface area contributed by atoms with E-state index in [1.54, 1.807) is 6.07 Å². The molecule has 0 fully saturated rings. The third-order valence-corrected chi connectivity index (χ3v) is 3.19. The quantitative estimate of drug-likeness (QED) is 0.848. The number of nitrogens with zero attached hydrogens (tertiary/aromatic N) is 2. The Morgan fingerprint density at radius 1 is 1.21 bits per heavy atom. The van der Waals surface area contributed by atoms with Crippen molar-refractivity contribution in [2.45, 2.75) is 13.8 Å². The highest BCUT2D eigenvalue weighted by Crippen LogP contribution is 2.30. The molecule has 2 N–H and O–H groups in total. The maximum Gasteiger partial charge on any atom is 0.101 e. The minimum Gasteiger partial charge on any atom is -0.398 e. The van der Waals surface area contributed by atoms with Crippen LogP contribution in [0, 0.1) is 18.3 Å². The SMILES string of the molecule is CCN(c1ccc(C#N)c(N)c1)c1ccccc1C. The van der Waals surface area contributed by atoms with Crippen LogP contribution in [-0.4, -0.2) is 6.54 Å². The first-order valence-electron chi connectivity index (χ1n) is 6.30. The summed E-state index contributed by atoms with van der Waals surface area (Å²) in [5, 5.41) is 8.92. The van der Waals surface area contributed by atoms with E-state index in [0.29, 0.717) is 11.3 Å². The molecule has 0 atom stereocenters. The Bertz CT molecular complexity index is 626. The van der Waals surface area contributed by atoms with Crippen molar-refractivity contribution in [3.63, 3.8) is 0 Å². The molecule has 3 heteroatoms. The third-order valence-electron chi connectivity index (χ3n) is 3.19. The topological polar surface area (TPSA) is 53.0 Å². The van der Waals surface area contributed by atoms with Crippen molar-refractivity contribution >= 4 is 17.1 Å². The van der Waals surface area contributed by atoms with Crippen LogP contribution < -0.4 is 10.6 Å². The number of hydrogen-bond donors (Lipinski definition) is 1. The molecule has 2 aromatic rings. The first kappa shape index (κ1) is 13.0. The molecular formula is C16H17N3. The lowest BCUT2D eigenvalue weighted by atomic mass is 10.1. The highest BCUT2D eigenvalue weighted by molar-refractivity contribution is 5.71. The minimum absolute atomic E-state index is 0.518. The number of benzene rings is 2. The van der Waals surface area contributed by atoms with E-state index < -0.39 is 0 Å². The molecule has 0 aliphatic heterocycles. The second kappa shape index (κ2) is 5.45. The Morgan fingerprint density at radius 2 is 1.95 bits per heavy atom. The molecule has 2 aromatic carbocycles. The molecule has 0 heterocycles. The Morgan fingerprint density at radius 3 is 2.53 bits per heavy atom. The largest absolute Gasteiger partial charge is 0.398 e. The smallest absolute Gasteiger partial charge is 0.101 e. The minimum atomic E-state index is 0.518. The van der Waals surface area contributed by atoms with E-state index in [1.165, 1.54) is 5.56 Å². The number of aryl methyl sites for hydroxylation is 1. The molecule has 3 nitrogen and oxygen atoms in total. The molecule has 0 spiro atoms. The second-order valence-corrected chi connectivity index (χ2v) is 4.41. The van der Waals surface area contributed by atoms with Crippen LogP contribution in [0.3, 0.4) is 0 Å². The number of para-hydroxylation sites is 1. The number of hydrogen-bond acceptors (Lipinski definition) is 3. The van der Waals surface area contributed by atoms with Crippen LogP contribution in [0.4, 0.5) is 17.1 Å². The van der Waals surface area contributed by atoms with E-state index in [4.69, 9.17) is 11.0 Å². The van der Waals surface area contributed by atoms with Crippen LogP contribution >= 0.6 is 0 Å². The van der Waals surface area contributed by atoms with Crippen LogP contribution in [0.5, 0.6) is 0 Å². The number of anilines is 3. The normalized spacial score (nSPS) is 9.95. The van der Waals surface area contributed by atoms with Gasteiger partial charge in [0.1, 0.15) is 6.07 Å². The summed E-state index contributed by atoms with van der Waals surface area (Å²) in [5.74, 6) is 0. The molecule has 0 aliphatic rings. The number of nitriles is 1. The van der Waals surface area contributed by atoms with Gasteiger partial charge in [0.15, 0.2) is 0 Å². The Labute approximate surface area is 113 Å². The average molecular weight is 251 g/mol. The van der Waals surface area contributed by atoms with E-state index >= 15 is 0 Å². The van der Waals surface area contributed by atoms with Crippen LogP contribution in [0.25, 0.3) is 0 Å². The molecule has 19 heavy (non-hydrogen) atoms. The van der Waals surface area contributed by atoms with E-state index in [1.807, 2.05) is 24.3 Å². The molecule has 0 amide bonds. The maximum atomic E-state index is 8.92. The van der Waals surface area contributed by atoms with Gasteiger partial charge in [-0.25, -0.2) is 0 Å². The van der Waals surface area contributed by atoms with Gasteiger partial charge in [-0.1, -0.05) is 18.2 Å². The average Bonchev–Trinajstić information content (AvgIpc) is 2.42. The van der Waals surface area contributed by atoms with Crippen LogP contribution in [0.15, 0.2) is 42.5 Å². The van der Waals surface area contributed by atoms with E-state index in [9.17, 15) is 0 Å². The lowest BCUT2D eigenvalue weighted by molar-refractivity contribution is 1.02. The Kier molecular flexibility index (Phi) is 3.72. The van der Waals surface area contributed by atoms with Gasteiger partial charge in [0, 0.05) is 17.9 Å². The fourth-order valence-corrected chi connectivity index (χ4v) is 2.18. The molecule has 2 rings (SSSR count). The molecule has 0 saturated heterocycles. The summed E-state index contributed by atoms with van der Waals surface area (Å²) in [6.07, 6.45) is 0. The third kappa shape index (κ3) is 2.53. The predicted octanol–water partition coefficient (Wildman–Crippen LogP) is 3.61. The van der Waals surface area contributed by atoms with Gasteiger partial charge in [0.05, 0.1) is 11.3 Å². The van der Waals surface area contributed by atoms with Crippen molar-refractivity contribution in [3.8, 4) is 6.07 Å². The van der Waals surface area contributed by atoms with E-state index in [-0.39, 0.29) is 0 Å². The maximum absolute atomic E-state index is 8.92. The highest BCUT2D eigenvalue weighted by atomic mass is 15.1. The van der Waals surface area contributed by atoms with Crippen LogP contribution in [0.2, 0.25) is 0 Å². The van der Waals surface area contributed by atoms with Gasteiger partial charge in [-0.2, -0.15) is 5.26 Å². The van der Waals surface area contributed by atoms with Gasteiger partial charge >= 0.3 is 0 Å². The Balaban J connectivity index is 2.46. The zero-order valence-electron chi connectivity index (χ0n) is 11.2. The van der Waals surface area contributed by atoms with Crippen molar-refractivity contribution in [3.05, 3.63) is 53.6 Å². The first-order chi connectivity index (χ1) is 9.17. The molecule has 0 aliphatic carbocycles. The second-order valence-electron chi connectivity index (χ2n) is 4.41. The van der Waals surface area contributed by atoms with Crippen LogP contribution in [0.1, 0.15) is 18.1 Å². The molecule has 0 unspecified atom stereocenters. The summed E-state index contributed by atoms with van der Waals surface area (Å²) in [6.45, 7) is 5.03. The molecule has 0 aromatic heterocycles. The van der Waals surface area contributed by atoms with Gasteiger partial charge in [0.25, 0.3) is 0 Å². The van der Waals surface area contributed by atoms with Crippen molar-refractivity contribution in [2.75, 3.05) is 17.2 Å². The van der Waals surface area contributed by atoms with Crippen LogP contribution in [-0.2, 0) is 0 Å². The fourth-order valence-electron chi connectivity index (χ4n) is 2.18. The van der Waals surface area contributed by atoms with Crippen molar-refractivity contribution < 1.29 is 0 Å². The summed E-state index contributed by atoms with van der Waals surface area (Å²) in [4.78, 5) is 2.19. The molecule has 0 radical (unpaired) electrons. The van der Waals surface area contributed by atoms with Crippen molar-refractivity contribution in [2.24, 2.45) is 0 Å². The van der Waals surface area contributed by atoms with Gasteiger partial charge in [-0.15, -0.1) is 0 Å². The summed E-state index contributed by atoms with van der Waals surface area (Å²) < 4.78 is 0. The summed E-state index contributed by atoms with van der Waals surface area (Å²) in [7, 11) is 0. The van der Waals surface area contributed by atoms with Gasteiger partial charge < -0.3 is 10.6 Å². The first-order valence-corrected chi connectivity index (χ1v) is 6.30. The Hall–Kier alpha value is -2.47. The fraction of sp³-hybridized carbons (Fsp3) is 0.188. The zero-order valence-corrected chi connectivity index (χ0v) is 11.2. The van der Waals surface area contributed by atoms with E-state index in [2.05, 4.69) is 36.9 Å². The predicted molar refractivity (Wildman–Crippen MR) is 79.4 cm³/mol. The molecular weight excluding hydrogens is 234 g/mol. The number of rotatable bonds is 3. The van der Waals surface area contributed by atoms with Crippen molar-refractivity contribution in [1.82, 2.24) is 0 Å². The van der Waals surface area contributed by atoms with Gasteiger partial charge in [-0.05, 0) is 43.7 Å². The lowest BCUT2D eigenvalue weighted by Gasteiger charge is -2.25. The standard InChI is InChI=1S/C16H17N3/c1-3-19(16-7-5-4-6-12(16)2)14-9-8-13(11-17)15(18)10-14/h4-10H,3,18H2,1-2H3. The van der Waals surface area contributed by atoms with E-state index in [0.717, 1.165) is 17.9 Å². The molecule has 0 bridgehead atoms. The van der Waals surface area contributed by atoms with Crippen molar-refractivity contribution in [1.29, 1.82) is 5.26 Å². The zero-order chi connectivity index (χ0) is 13.8. The monoisotopic (exact) mass is 251 g/mol. The number of nitrogens with two attached hydrogens (primary N) is 1. The lowest BCUT2D eigenvalue weighted by Crippen LogP contribution is -2.17. The van der Waals surface area contributed by atoms with Gasteiger partial charge in [-0.3, -0.25) is 0 Å². The highest BCUT2D eigenvalue weighted by Gasteiger charge is 2.10.